The third kappa shape index (κ3) is 2.26. The summed E-state index contributed by atoms with van der Waals surface area (Å²) in [7, 11) is 0. The molecular formula is C13H10Cl2N2S. The first kappa shape index (κ1) is 12.0. The van der Waals surface area contributed by atoms with E-state index in [0.29, 0.717) is 0 Å². The maximum absolute atomic E-state index is 6.13. The van der Waals surface area contributed by atoms with Gasteiger partial charge in [-0.3, -0.25) is 5.01 Å². The first-order valence-electron chi connectivity index (χ1n) is 5.58. The molecule has 1 aliphatic rings. The van der Waals surface area contributed by atoms with Crippen molar-refractivity contribution in [2.45, 2.75) is 6.42 Å². The van der Waals surface area contributed by atoms with Gasteiger partial charge in [-0.05, 0) is 29.6 Å². The van der Waals surface area contributed by atoms with Crippen LogP contribution in [0.1, 0.15) is 11.3 Å². The van der Waals surface area contributed by atoms with Gasteiger partial charge in [0.15, 0.2) is 0 Å². The number of hydrogen-bond acceptors (Lipinski definition) is 3. The average Bonchev–Trinajstić information content (AvgIpc) is 2.97. The lowest BCUT2D eigenvalue weighted by Crippen LogP contribution is -2.11. The van der Waals surface area contributed by atoms with Crippen LogP contribution in [0.5, 0.6) is 0 Å². The van der Waals surface area contributed by atoms with Crippen LogP contribution < -0.4 is 5.01 Å². The minimum Gasteiger partial charge on any atom is -0.265 e. The zero-order chi connectivity index (χ0) is 12.5. The summed E-state index contributed by atoms with van der Waals surface area (Å²) < 4.78 is 0. The lowest BCUT2D eigenvalue weighted by molar-refractivity contribution is 0.922. The summed E-state index contributed by atoms with van der Waals surface area (Å²) in [6.07, 6.45) is 0.909. The van der Waals surface area contributed by atoms with Gasteiger partial charge < -0.3 is 0 Å². The van der Waals surface area contributed by atoms with Gasteiger partial charge in [-0.2, -0.15) is 5.10 Å². The van der Waals surface area contributed by atoms with Gasteiger partial charge in [0.25, 0.3) is 0 Å². The first-order valence-corrected chi connectivity index (χ1v) is 7.21. The van der Waals surface area contributed by atoms with E-state index >= 15 is 0 Å². The topological polar surface area (TPSA) is 15.6 Å². The molecule has 1 aliphatic heterocycles. The quantitative estimate of drug-likeness (QED) is 0.786. The fraction of sp³-hybridized carbons (Fsp3) is 0.154. The van der Waals surface area contributed by atoms with Crippen molar-refractivity contribution in [2.75, 3.05) is 11.6 Å². The molecule has 0 fully saturated rings. The van der Waals surface area contributed by atoms with Crippen LogP contribution in [0.3, 0.4) is 0 Å². The van der Waals surface area contributed by atoms with Gasteiger partial charge in [0.2, 0.25) is 0 Å². The highest BCUT2D eigenvalue weighted by Gasteiger charge is 2.20. The molecule has 0 amide bonds. The normalized spacial score (nSPS) is 15.0. The summed E-state index contributed by atoms with van der Waals surface area (Å²) in [5, 5.41) is 10.1. The predicted octanol–water partition coefficient (Wildman–Crippen LogP) is 4.67. The highest BCUT2D eigenvalue weighted by molar-refractivity contribution is 7.12. The van der Waals surface area contributed by atoms with Crippen LogP contribution in [-0.2, 0) is 0 Å². The monoisotopic (exact) mass is 296 g/mol. The number of nitrogens with zero attached hydrogens (tertiary/aromatic N) is 2. The Balaban J connectivity index is 1.90. The van der Waals surface area contributed by atoms with Crippen LogP contribution in [-0.4, -0.2) is 12.3 Å². The van der Waals surface area contributed by atoms with Gasteiger partial charge in [0.1, 0.15) is 0 Å². The molecule has 92 valence electrons. The maximum atomic E-state index is 6.13. The molecule has 0 spiro atoms. The molecule has 0 bridgehead atoms. The van der Waals surface area contributed by atoms with Crippen molar-refractivity contribution >= 4 is 45.9 Å². The van der Waals surface area contributed by atoms with Crippen molar-refractivity contribution in [1.29, 1.82) is 0 Å². The molecule has 3 rings (SSSR count). The molecule has 0 atom stereocenters. The van der Waals surface area contributed by atoms with E-state index < -0.39 is 0 Å². The summed E-state index contributed by atoms with van der Waals surface area (Å²) in [6, 6.07) is 9.63. The van der Waals surface area contributed by atoms with Crippen molar-refractivity contribution in [3.63, 3.8) is 0 Å². The SMILES string of the molecule is Clc1cccc(N2CCC(c3sccc3Cl)=N2)c1. The van der Waals surface area contributed by atoms with Crippen LogP contribution in [0.2, 0.25) is 10.0 Å². The largest absolute Gasteiger partial charge is 0.265 e. The number of rotatable bonds is 2. The Kier molecular flexibility index (Phi) is 3.29. The zero-order valence-electron chi connectivity index (χ0n) is 9.44. The number of hydrogen-bond donors (Lipinski definition) is 0. The fourth-order valence-electron chi connectivity index (χ4n) is 1.94. The molecule has 1 aromatic heterocycles. The highest BCUT2D eigenvalue weighted by atomic mass is 35.5. The Hall–Kier alpha value is -1.03. The first-order chi connectivity index (χ1) is 8.74. The smallest absolute Gasteiger partial charge is 0.0814 e. The Morgan fingerprint density at radius 2 is 2.11 bits per heavy atom. The second-order valence-electron chi connectivity index (χ2n) is 4.00. The van der Waals surface area contributed by atoms with Gasteiger partial charge in [-0.25, -0.2) is 0 Å². The summed E-state index contributed by atoms with van der Waals surface area (Å²) >= 11 is 13.8. The third-order valence-electron chi connectivity index (χ3n) is 2.79. The van der Waals surface area contributed by atoms with E-state index in [4.69, 9.17) is 23.2 Å². The minimum atomic E-state index is 0.727. The Morgan fingerprint density at radius 3 is 2.83 bits per heavy atom. The number of anilines is 1. The number of thiophene rings is 1. The molecule has 0 radical (unpaired) electrons. The molecule has 0 N–H and O–H groups in total. The Morgan fingerprint density at radius 1 is 1.22 bits per heavy atom. The highest BCUT2D eigenvalue weighted by Crippen LogP contribution is 2.29. The summed E-state index contributed by atoms with van der Waals surface area (Å²) in [5.41, 5.74) is 2.07. The second-order valence-corrected chi connectivity index (χ2v) is 5.76. The Bertz CT molecular complexity index is 607. The molecule has 2 aromatic rings. The summed E-state index contributed by atoms with van der Waals surface area (Å²) in [5.74, 6) is 0. The van der Waals surface area contributed by atoms with Crippen LogP contribution in [0.4, 0.5) is 5.69 Å². The van der Waals surface area contributed by atoms with Crippen LogP contribution >= 0.6 is 34.5 Å². The molecule has 0 aliphatic carbocycles. The maximum Gasteiger partial charge on any atom is 0.0814 e. The summed E-state index contributed by atoms with van der Waals surface area (Å²) in [4.78, 5) is 1.07. The molecule has 0 unspecified atom stereocenters. The van der Waals surface area contributed by atoms with Crippen molar-refractivity contribution in [3.05, 3.63) is 50.6 Å². The van der Waals surface area contributed by atoms with Crippen LogP contribution in [0.25, 0.3) is 0 Å². The fourth-order valence-corrected chi connectivity index (χ4v) is 3.30. The van der Waals surface area contributed by atoms with Gasteiger partial charge in [-0.1, -0.05) is 29.3 Å². The van der Waals surface area contributed by atoms with Gasteiger partial charge >= 0.3 is 0 Å². The van der Waals surface area contributed by atoms with E-state index in [9.17, 15) is 0 Å². The van der Waals surface area contributed by atoms with Gasteiger partial charge in [-0.15, -0.1) is 11.3 Å². The van der Waals surface area contributed by atoms with Crippen molar-refractivity contribution in [3.8, 4) is 0 Å². The number of halogens is 2. The van der Waals surface area contributed by atoms with E-state index in [1.165, 1.54) is 0 Å². The molecule has 2 heterocycles. The third-order valence-corrected chi connectivity index (χ3v) is 4.41. The summed E-state index contributed by atoms with van der Waals surface area (Å²) in [6.45, 7) is 0.865. The second kappa shape index (κ2) is 4.92. The van der Waals surface area contributed by atoms with Crippen LogP contribution in [0.15, 0.2) is 40.8 Å². The Labute approximate surface area is 119 Å². The standard InChI is InChI=1S/C13H10Cl2N2S/c14-9-2-1-3-10(8-9)17-6-4-12(16-17)13-11(15)5-7-18-13/h1-3,5,7-8H,4,6H2. The van der Waals surface area contributed by atoms with E-state index in [0.717, 1.165) is 39.3 Å². The van der Waals surface area contributed by atoms with E-state index in [-0.39, 0.29) is 0 Å². The molecular weight excluding hydrogens is 287 g/mol. The number of hydrazone groups is 1. The van der Waals surface area contributed by atoms with E-state index in [1.807, 2.05) is 40.7 Å². The van der Waals surface area contributed by atoms with Gasteiger partial charge in [0.05, 0.1) is 21.3 Å². The molecule has 5 heteroatoms. The number of benzene rings is 1. The van der Waals surface area contributed by atoms with Crippen molar-refractivity contribution < 1.29 is 0 Å². The molecule has 18 heavy (non-hydrogen) atoms. The van der Waals surface area contributed by atoms with Crippen molar-refractivity contribution in [2.24, 2.45) is 5.10 Å². The average molecular weight is 297 g/mol. The van der Waals surface area contributed by atoms with Crippen molar-refractivity contribution in [1.82, 2.24) is 0 Å². The molecule has 0 saturated heterocycles. The van der Waals surface area contributed by atoms with E-state index in [1.54, 1.807) is 11.3 Å². The minimum absolute atomic E-state index is 0.727. The molecule has 1 aromatic carbocycles. The van der Waals surface area contributed by atoms with Crippen LogP contribution in [0, 0.1) is 0 Å². The van der Waals surface area contributed by atoms with E-state index in [2.05, 4.69) is 5.10 Å². The lowest BCUT2D eigenvalue weighted by Gasteiger charge is -2.13. The molecule has 0 saturated carbocycles. The lowest BCUT2D eigenvalue weighted by atomic mass is 10.2. The molecule has 2 nitrogen and oxygen atoms in total. The van der Waals surface area contributed by atoms with Gasteiger partial charge in [0, 0.05) is 18.0 Å². The zero-order valence-corrected chi connectivity index (χ0v) is 11.8. The predicted molar refractivity (Wildman–Crippen MR) is 79.3 cm³/mol.